The van der Waals surface area contributed by atoms with Crippen LogP contribution in [0.4, 0.5) is 10.5 Å². The van der Waals surface area contributed by atoms with Gasteiger partial charge in [-0.05, 0) is 25.5 Å². The second kappa shape index (κ2) is 9.12. The van der Waals surface area contributed by atoms with Crippen LogP contribution in [0.2, 0.25) is 0 Å². The fourth-order valence-corrected chi connectivity index (χ4v) is 2.59. The van der Waals surface area contributed by atoms with E-state index in [9.17, 15) is 9.59 Å². The van der Waals surface area contributed by atoms with Gasteiger partial charge in [0.15, 0.2) is 0 Å². The number of carbonyl (C=O) groups is 2. The van der Waals surface area contributed by atoms with E-state index in [1.54, 1.807) is 11.0 Å². The van der Waals surface area contributed by atoms with Gasteiger partial charge in [-0.1, -0.05) is 12.1 Å². The van der Waals surface area contributed by atoms with Gasteiger partial charge < -0.3 is 25.0 Å². The molecule has 0 aliphatic carbocycles. The highest BCUT2D eigenvalue weighted by Gasteiger charge is 2.27. The van der Waals surface area contributed by atoms with Gasteiger partial charge in [-0.25, -0.2) is 4.79 Å². The number of ether oxygens (including phenoxy) is 2. The molecule has 3 amide bonds. The molecule has 7 heteroatoms. The summed E-state index contributed by atoms with van der Waals surface area (Å²) in [6, 6.07) is 7.14. The molecule has 7 nitrogen and oxygen atoms in total. The Balaban J connectivity index is 1.88. The summed E-state index contributed by atoms with van der Waals surface area (Å²) < 4.78 is 10.9. The van der Waals surface area contributed by atoms with E-state index in [0.29, 0.717) is 44.3 Å². The predicted octanol–water partition coefficient (Wildman–Crippen LogP) is 1.84. The number of nitrogens with zero attached hydrogens (tertiary/aromatic N) is 1. The second-order valence-corrected chi connectivity index (χ2v) is 5.60. The molecule has 0 radical (unpaired) electrons. The van der Waals surface area contributed by atoms with Gasteiger partial charge in [0.25, 0.3) is 0 Å². The minimum atomic E-state index is -0.191. The number of nitrogens with one attached hydrogen (secondary N) is 2. The van der Waals surface area contributed by atoms with E-state index >= 15 is 0 Å². The topological polar surface area (TPSA) is 79.9 Å². The predicted molar refractivity (Wildman–Crippen MR) is 91.2 cm³/mol. The monoisotopic (exact) mass is 335 g/mol. The van der Waals surface area contributed by atoms with Gasteiger partial charge in [0.05, 0.1) is 12.3 Å². The van der Waals surface area contributed by atoms with E-state index in [-0.39, 0.29) is 18.0 Å². The van der Waals surface area contributed by atoms with Crippen LogP contribution in [0.25, 0.3) is 0 Å². The van der Waals surface area contributed by atoms with Crippen LogP contribution in [0.1, 0.15) is 20.3 Å². The number of anilines is 1. The van der Waals surface area contributed by atoms with Crippen molar-refractivity contribution in [3.8, 4) is 5.75 Å². The van der Waals surface area contributed by atoms with E-state index in [1.807, 2.05) is 25.1 Å². The third-order valence-corrected chi connectivity index (χ3v) is 3.70. The zero-order chi connectivity index (χ0) is 17.4. The fourth-order valence-electron chi connectivity index (χ4n) is 2.59. The summed E-state index contributed by atoms with van der Waals surface area (Å²) in [5.41, 5.74) is 0.627. The van der Waals surface area contributed by atoms with E-state index in [4.69, 9.17) is 9.47 Å². The number of benzene rings is 1. The van der Waals surface area contributed by atoms with Gasteiger partial charge in [0.2, 0.25) is 5.91 Å². The summed E-state index contributed by atoms with van der Waals surface area (Å²) in [5, 5.41) is 5.72. The highest BCUT2D eigenvalue weighted by Crippen LogP contribution is 2.24. The Morgan fingerprint density at radius 3 is 2.83 bits per heavy atom. The van der Waals surface area contributed by atoms with Gasteiger partial charge in [-0.15, -0.1) is 0 Å². The van der Waals surface area contributed by atoms with Crippen LogP contribution < -0.4 is 15.4 Å². The SMILES string of the molecule is CCOCCOc1ccccc1NC(=O)N1CCC(NC(C)=O)C1. The van der Waals surface area contributed by atoms with Gasteiger partial charge in [0.1, 0.15) is 12.4 Å². The number of amides is 3. The van der Waals surface area contributed by atoms with Gasteiger partial charge >= 0.3 is 6.03 Å². The molecule has 0 saturated carbocycles. The molecule has 2 N–H and O–H groups in total. The molecule has 0 bridgehead atoms. The summed E-state index contributed by atoms with van der Waals surface area (Å²) in [6.45, 7) is 6.12. The van der Waals surface area contributed by atoms with Crippen molar-refractivity contribution in [1.29, 1.82) is 0 Å². The lowest BCUT2D eigenvalue weighted by Gasteiger charge is -2.19. The lowest BCUT2D eigenvalue weighted by molar-refractivity contribution is -0.119. The molecule has 1 aliphatic heterocycles. The van der Waals surface area contributed by atoms with Crippen molar-refractivity contribution in [2.24, 2.45) is 0 Å². The number of para-hydroxylation sites is 2. The Bertz CT molecular complexity index is 565. The molecule has 1 aromatic rings. The van der Waals surface area contributed by atoms with E-state index in [1.165, 1.54) is 6.92 Å². The van der Waals surface area contributed by atoms with E-state index < -0.39 is 0 Å². The Labute approximate surface area is 142 Å². The summed E-state index contributed by atoms with van der Waals surface area (Å²) in [7, 11) is 0. The van der Waals surface area contributed by atoms with Crippen molar-refractivity contribution in [2.45, 2.75) is 26.3 Å². The average molecular weight is 335 g/mol. The molecule has 1 saturated heterocycles. The molecule has 0 aromatic heterocycles. The van der Waals surface area contributed by atoms with Crippen molar-refractivity contribution in [2.75, 3.05) is 38.2 Å². The first-order valence-electron chi connectivity index (χ1n) is 8.22. The van der Waals surface area contributed by atoms with Gasteiger partial charge in [-0.3, -0.25) is 4.79 Å². The number of carbonyl (C=O) groups excluding carboxylic acids is 2. The standard InChI is InChI=1S/C17H25N3O4/c1-3-23-10-11-24-16-7-5-4-6-15(16)19-17(22)20-9-8-14(12-20)18-13(2)21/h4-7,14H,3,8-12H2,1-2H3,(H,18,21)(H,19,22). The Hall–Kier alpha value is -2.28. The Kier molecular flexibility index (Phi) is 6.87. The van der Waals surface area contributed by atoms with Crippen LogP contribution in [0, 0.1) is 0 Å². The van der Waals surface area contributed by atoms with Crippen LogP contribution in [0.5, 0.6) is 5.75 Å². The largest absolute Gasteiger partial charge is 0.489 e. The van der Waals surface area contributed by atoms with E-state index in [2.05, 4.69) is 10.6 Å². The quantitative estimate of drug-likeness (QED) is 0.745. The van der Waals surface area contributed by atoms with Gasteiger partial charge in [0, 0.05) is 32.7 Å². The lowest BCUT2D eigenvalue weighted by atomic mass is 10.3. The molecule has 1 aromatic carbocycles. The van der Waals surface area contributed by atoms with Gasteiger partial charge in [-0.2, -0.15) is 0 Å². The second-order valence-electron chi connectivity index (χ2n) is 5.60. The molecule has 1 fully saturated rings. The zero-order valence-electron chi connectivity index (χ0n) is 14.2. The third kappa shape index (κ3) is 5.42. The van der Waals surface area contributed by atoms with Crippen LogP contribution >= 0.6 is 0 Å². The number of hydrogen-bond donors (Lipinski definition) is 2. The molecule has 1 atom stereocenters. The summed E-state index contributed by atoms with van der Waals surface area (Å²) in [5.74, 6) is 0.540. The third-order valence-electron chi connectivity index (χ3n) is 3.70. The summed E-state index contributed by atoms with van der Waals surface area (Å²) in [4.78, 5) is 25.2. The lowest BCUT2D eigenvalue weighted by Crippen LogP contribution is -2.38. The minimum Gasteiger partial charge on any atom is -0.489 e. The first-order valence-corrected chi connectivity index (χ1v) is 8.22. The van der Waals surface area contributed by atoms with Crippen molar-refractivity contribution in [3.63, 3.8) is 0 Å². The molecule has 1 heterocycles. The van der Waals surface area contributed by atoms with Crippen LogP contribution in [-0.2, 0) is 9.53 Å². The normalized spacial score (nSPS) is 16.8. The average Bonchev–Trinajstić information content (AvgIpc) is 3.01. The summed E-state index contributed by atoms with van der Waals surface area (Å²) >= 11 is 0. The summed E-state index contributed by atoms with van der Waals surface area (Å²) in [6.07, 6.45) is 0.763. The molecule has 2 rings (SSSR count). The highest BCUT2D eigenvalue weighted by molar-refractivity contribution is 5.91. The smallest absolute Gasteiger partial charge is 0.322 e. The molecule has 132 valence electrons. The zero-order valence-corrected chi connectivity index (χ0v) is 14.2. The number of urea groups is 1. The molecule has 24 heavy (non-hydrogen) atoms. The maximum atomic E-state index is 12.4. The number of rotatable bonds is 7. The first kappa shape index (κ1) is 18.1. The maximum Gasteiger partial charge on any atom is 0.322 e. The molecule has 0 spiro atoms. The van der Waals surface area contributed by atoms with Crippen molar-refractivity contribution in [1.82, 2.24) is 10.2 Å². The highest BCUT2D eigenvalue weighted by atomic mass is 16.5. The molecule has 1 aliphatic rings. The van der Waals surface area contributed by atoms with Crippen LogP contribution in [0.15, 0.2) is 24.3 Å². The molecular weight excluding hydrogens is 310 g/mol. The minimum absolute atomic E-state index is 0.0194. The van der Waals surface area contributed by atoms with Crippen molar-refractivity contribution >= 4 is 17.6 Å². The van der Waals surface area contributed by atoms with Crippen molar-refractivity contribution < 1.29 is 19.1 Å². The first-order chi connectivity index (χ1) is 11.6. The number of hydrogen-bond acceptors (Lipinski definition) is 4. The Morgan fingerprint density at radius 2 is 2.08 bits per heavy atom. The van der Waals surface area contributed by atoms with Crippen LogP contribution in [0.3, 0.4) is 0 Å². The molecular formula is C17H25N3O4. The fraction of sp³-hybridized carbons (Fsp3) is 0.529. The number of likely N-dealkylation sites (tertiary alicyclic amines) is 1. The Morgan fingerprint density at radius 1 is 1.29 bits per heavy atom. The maximum absolute atomic E-state index is 12.4. The van der Waals surface area contributed by atoms with Crippen molar-refractivity contribution in [3.05, 3.63) is 24.3 Å². The van der Waals surface area contributed by atoms with E-state index in [0.717, 1.165) is 6.42 Å². The van der Waals surface area contributed by atoms with Crippen LogP contribution in [-0.4, -0.2) is 55.8 Å². The molecule has 1 unspecified atom stereocenters.